The second-order valence-electron chi connectivity index (χ2n) is 5.90. The summed E-state index contributed by atoms with van der Waals surface area (Å²) in [6.45, 7) is 5.25. The zero-order valence-corrected chi connectivity index (χ0v) is 12.7. The van der Waals surface area contributed by atoms with E-state index < -0.39 is 5.82 Å². The second-order valence-corrected chi connectivity index (χ2v) is 5.90. The van der Waals surface area contributed by atoms with Crippen LogP contribution >= 0.6 is 0 Å². The Balaban J connectivity index is 1.83. The molecule has 0 saturated carbocycles. The fourth-order valence-corrected chi connectivity index (χ4v) is 2.77. The van der Waals surface area contributed by atoms with Gasteiger partial charge in [0.05, 0.1) is 6.20 Å². The monoisotopic (exact) mass is 294 g/mol. The molecule has 1 aromatic rings. The van der Waals surface area contributed by atoms with Crippen LogP contribution in [0.25, 0.3) is 0 Å². The Kier molecular flexibility index (Phi) is 5.82. The molecule has 1 aromatic heterocycles. The van der Waals surface area contributed by atoms with E-state index in [-0.39, 0.29) is 11.7 Å². The first kappa shape index (κ1) is 16.0. The molecule has 2 rings (SSSR count). The Labute approximate surface area is 125 Å². The number of ether oxygens (including phenoxy) is 1. The molecule has 1 fully saturated rings. The van der Waals surface area contributed by atoms with Gasteiger partial charge in [-0.25, -0.2) is 4.39 Å². The fraction of sp³-hybridized carbons (Fsp3) is 0.625. The van der Waals surface area contributed by atoms with Crippen molar-refractivity contribution >= 4 is 5.78 Å². The lowest BCUT2D eigenvalue weighted by atomic mass is 9.98. The van der Waals surface area contributed by atoms with Crippen LogP contribution in [-0.4, -0.2) is 49.0 Å². The van der Waals surface area contributed by atoms with E-state index >= 15 is 0 Å². The number of ketones is 1. The lowest BCUT2D eigenvalue weighted by Gasteiger charge is -2.28. The molecule has 1 atom stereocenters. The molecule has 5 heteroatoms. The van der Waals surface area contributed by atoms with Crippen molar-refractivity contribution in [2.24, 2.45) is 11.8 Å². The first-order chi connectivity index (χ1) is 10.1. The number of halogens is 1. The maximum Gasteiger partial charge on any atom is 0.185 e. The minimum atomic E-state index is -0.421. The number of aromatic nitrogens is 1. The van der Waals surface area contributed by atoms with Crippen LogP contribution in [0.2, 0.25) is 0 Å². The summed E-state index contributed by atoms with van der Waals surface area (Å²) in [6.07, 6.45) is 3.27. The van der Waals surface area contributed by atoms with Crippen LogP contribution in [0.3, 0.4) is 0 Å². The van der Waals surface area contributed by atoms with Gasteiger partial charge in [-0.2, -0.15) is 0 Å². The van der Waals surface area contributed by atoms with Gasteiger partial charge in [-0.1, -0.05) is 6.92 Å². The highest BCUT2D eigenvalue weighted by molar-refractivity contribution is 5.95. The Morgan fingerprint density at radius 2 is 2.19 bits per heavy atom. The zero-order valence-electron chi connectivity index (χ0n) is 12.7. The fourth-order valence-electron chi connectivity index (χ4n) is 2.77. The Morgan fingerprint density at radius 1 is 1.48 bits per heavy atom. The SMILES string of the molecule is CC(CN(C)CC1CCOCC1)C(=O)c1ccc(F)cn1. The van der Waals surface area contributed by atoms with Crippen molar-refractivity contribution in [3.63, 3.8) is 0 Å². The average Bonchev–Trinajstić information content (AvgIpc) is 2.48. The lowest BCUT2D eigenvalue weighted by molar-refractivity contribution is 0.0535. The molecule has 0 spiro atoms. The van der Waals surface area contributed by atoms with Gasteiger partial charge in [-0.15, -0.1) is 0 Å². The molecule has 1 aliphatic rings. The van der Waals surface area contributed by atoms with Crippen molar-refractivity contribution in [1.29, 1.82) is 0 Å². The van der Waals surface area contributed by atoms with Crippen LogP contribution in [0.5, 0.6) is 0 Å². The minimum Gasteiger partial charge on any atom is -0.381 e. The van der Waals surface area contributed by atoms with E-state index in [1.165, 1.54) is 12.1 Å². The molecule has 4 nitrogen and oxygen atoms in total. The zero-order chi connectivity index (χ0) is 15.2. The van der Waals surface area contributed by atoms with E-state index in [0.29, 0.717) is 18.2 Å². The lowest BCUT2D eigenvalue weighted by Crippen LogP contribution is -2.34. The van der Waals surface area contributed by atoms with E-state index in [4.69, 9.17) is 4.74 Å². The third kappa shape index (κ3) is 4.86. The highest BCUT2D eigenvalue weighted by atomic mass is 19.1. The third-order valence-electron chi connectivity index (χ3n) is 3.92. The maximum atomic E-state index is 12.8. The van der Waals surface area contributed by atoms with Gasteiger partial charge >= 0.3 is 0 Å². The van der Waals surface area contributed by atoms with Gasteiger partial charge in [0.1, 0.15) is 11.5 Å². The third-order valence-corrected chi connectivity index (χ3v) is 3.92. The number of carbonyl (C=O) groups is 1. The predicted octanol–water partition coefficient (Wildman–Crippen LogP) is 2.40. The normalized spacial score (nSPS) is 17.9. The van der Waals surface area contributed by atoms with E-state index in [0.717, 1.165) is 38.8 Å². The second kappa shape index (κ2) is 7.61. The molecule has 21 heavy (non-hydrogen) atoms. The number of rotatable bonds is 6. The van der Waals surface area contributed by atoms with E-state index in [1.54, 1.807) is 0 Å². The van der Waals surface area contributed by atoms with Crippen LogP contribution < -0.4 is 0 Å². The summed E-state index contributed by atoms with van der Waals surface area (Å²) in [5.74, 6) is 0.0486. The summed E-state index contributed by atoms with van der Waals surface area (Å²) in [5, 5.41) is 0. The van der Waals surface area contributed by atoms with E-state index in [9.17, 15) is 9.18 Å². The van der Waals surface area contributed by atoms with Gasteiger partial charge in [0.2, 0.25) is 0 Å². The van der Waals surface area contributed by atoms with Gasteiger partial charge in [-0.3, -0.25) is 9.78 Å². The summed E-state index contributed by atoms with van der Waals surface area (Å²) in [7, 11) is 2.04. The summed E-state index contributed by atoms with van der Waals surface area (Å²) < 4.78 is 18.2. The van der Waals surface area contributed by atoms with Crippen molar-refractivity contribution in [3.8, 4) is 0 Å². The van der Waals surface area contributed by atoms with E-state index in [1.807, 2.05) is 14.0 Å². The van der Waals surface area contributed by atoms with Crippen molar-refractivity contribution < 1.29 is 13.9 Å². The smallest absolute Gasteiger partial charge is 0.185 e. The Morgan fingerprint density at radius 3 is 2.81 bits per heavy atom. The van der Waals surface area contributed by atoms with E-state index in [2.05, 4.69) is 9.88 Å². The van der Waals surface area contributed by atoms with Gasteiger partial charge in [0.25, 0.3) is 0 Å². The molecular formula is C16H23FN2O2. The molecule has 0 bridgehead atoms. The van der Waals surface area contributed by atoms with Gasteiger partial charge in [0.15, 0.2) is 5.78 Å². The summed E-state index contributed by atoms with van der Waals surface area (Å²) in [6, 6.07) is 2.73. The average molecular weight is 294 g/mol. The van der Waals surface area contributed by atoms with Crippen molar-refractivity contribution in [3.05, 3.63) is 29.8 Å². The summed E-state index contributed by atoms with van der Waals surface area (Å²) in [4.78, 5) is 18.3. The molecule has 1 unspecified atom stereocenters. The summed E-state index contributed by atoms with van der Waals surface area (Å²) >= 11 is 0. The first-order valence-corrected chi connectivity index (χ1v) is 7.48. The molecule has 0 aromatic carbocycles. The topological polar surface area (TPSA) is 42.4 Å². The number of hydrogen-bond donors (Lipinski definition) is 0. The molecule has 2 heterocycles. The highest BCUT2D eigenvalue weighted by Gasteiger charge is 2.21. The van der Waals surface area contributed by atoms with Crippen LogP contribution in [0.15, 0.2) is 18.3 Å². The van der Waals surface area contributed by atoms with Crippen molar-refractivity contribution in [2.45, 2.75) is 19.8 Å². The Bertz CT molecular complexity index is 458. The summed E-state index contributed by atoms with van der Waals surface area (Å²) in [5.41, 5.74) is 0.336. The molecule has 0 amide bonds. The van der Waals surface area contributed by atoms with Crippen LogP contribution in [0, 0.1) is 17.7 Å². The van der Waals surface area contributed by atoms with Crippen molar-refractivity contribution in [1.82, 2.24) is 9.88 Å². The minimum absolute atomic E-state index is 0.0335. The molecule has 1 saturated heterocycles. The largest absolute Gasteiger partial charge is 0.381 e. The van der Waals surface area contributed by atoms with Crippen LogP contribution in [0.4, 0.5) is 4.39 Å². The van der Waals surface area contributed by atoms with Gasteiger partial charge in [0, 0.05) is 32.2 Å². The molecule has 0 radical (unpaired) electrons. The quantitative estimate of drug-likeness (QED) is 0.756. The van der Waals surface area contributed by atoms with Gasteiger partial charge < -0.3 is 9.64 Å². The number of carbonyl (C=O) groups excluding carboxylic acids is 1. The molecule has 0 N–H and O–H groups in total. The molecule has 0 aliphatic carbocycles. The maximum absolute atomic E-state index is 12.8. The predicted molar refractivity (Wildman–Crippen MR) is 78.7 cm³/mol. The molecular weight excluding hydrogens is 271 g/mol. The Hall–Kier alpha value is -1.33. The number of Topliss-reactive ketones (excluding diaryl/α,β-unsaturated/α-hetero) is 1. The standard InChI is InChI=1S/C16H23FN2O2/c1-12(16(20)15-4-3-14(17)9-18-15)10-19(2)11-13-5-7-21-8-6-13/h3-4,9,12-13H,5-8,10-11H2,1-2H3. The number of nitrogens with zero attached hydrogens (tertiary/aromatic N) is 2. The number of hydrogen-bond acceptors (Lipinski definition) is 4. The van der Waals surface area contributed by atoms with Crippen LogP contribution in [0.1, 0.15) is 30.3 Å². The highest BCUT2D eigenvalue weighted by Crippen LogP contribution is 2.16. The van der Waals surface area contributed by atoms with Gasteiger partial charge in [-0.05, 0) is 37.9 Å². The van der Waals surface area contributed by atoms with Crippen molar-refractivity contribution in [2.75, 3.05) is 33.4 Å². The van der Waals surface area contributed by atoms with Crippen LogP contribution in [-0.2, 0) is 4.74 Å². The first-order valence-electron chi connectivity index (χ1n) is 7.48. The number of pyridine rings is 1. The molecule has 116 valence electrons. The molecule has 1 aliphatic heterocycles.